The highest BCUT2D eigenvalue weighted by molar-refractivity contribution is 7.04. The van der Waals surface area contributed by atoms with Crippen molar-refractivity contribution in [2.24, 2.45) is 0 Å². The number of hydrogen-bond donors (Lipinski definition) is 2. The Balaban J connectivity index is 2.63. The largest absolute Gasteiger partial charge is 0.491 e. The van der Waals surface area contributed by atoms with Crippen molar-refractivity contribution in [1.82, 2.24) is 0 Å². The average molecular weight is 332 g/mol. The molecule has 1 aliphatic heterocycles. The van der Waals surface area contributed by atoms with Gasteiger partial charge < -0.3 is 14.3 Å². The SMILES string of the molecule is C[Si]1(C)CC[Si](C)(C)N1c1cc(Cl)cc(B(O)O)c1F. The molecule has 3 nitrogen and oxygen atoms in total. The van der Waals surface area contributed by atoms with Crippen molar-refractivity contribution in [3.05, 3.63) is 23.0 Å². The molecule has 2 rings (SSSR count). The van der Waals surface area contributed by atoms with Crippen molar-refractivity contribution in [3.8, 4) is 0 Å². The topological polar surface area (TPSA) is 43.7 Å². The summed E-state index contributed by atoms with van der Waals surface area (Å²) >= 11 is 6.05. The van der Waals surface area contributed by atoms with Crippen LogP contribution in [0.2, 0.25) is 43.3 Å². The van der Waals surface area contributed by atoms with Crippen LogP contribution >= 0.6 is 11.6 Å². The minimum Gasteiger partial charge on any atom is -0.423 e. The molecule has 0 spiro atoms. The van der Waals surface area contributed by atoms with Crippen molar-refractivity contribution in [3.63, 3.8) is 0 Å². The van der Waals surface area contributed by atoms with E-state index in [1.165, 1.54) is 6.07 Å². The maximum absolute atomic E-state index is 14.7. The van der Waals surface area contributed by atoms with Gasteiger partial charge in [0.1, 0.15) is 22.3 Å². The van der Waals surface area contributed by atoms with E-state index in [-0.39, 0.29) is 5.46 Å². The van der Waals surface area contributed by atoms with E-state index in [9.17, 15) is 14.4 Å². The van der Waals surface area contributed by atoms with Crippen molar-refractivity contribution < 1.29 is 14.4 Å². The molecule has 0 amide bonds. The van der Waals surface area contributed by atoms with Gasteiger partial charge in [0.05, 0.1) is 5.69 Å². The highest BCUT2D eigenvalue weighted by Gasteiger charge is 2.48. The Hall–Kier alpha value is -0.341. The lowest BCUT2D eigenvalue weighted by Crippen LogP contribution is -2.56. The molecule has 0 aliphatic carbocycles. The van der Waals surface area contributed by atoms with E-state index < -0.39 is 29.4 Å². The maximum atomic E-state index is 14.7. The monoisotopic (exact) mass is 331 g/mol. The third-order valence-electron chi connectivity index (χ3n) is 4.12. The van der Waals surface area contributed by atoms with Gasteiger partial charge in [-0.05, 0) is 24.2 Å². The van der Waals surface area contributed by atoms with Crippen LogP contribution in [0.25, 0.3) is 0 Å². The van der Waals surface area contributed by atoms with Crippen molar-refractivity contribution >= 4 is 46.3 Å². The van der Waals surface area contributed by atoms with Crippen LogP contribution in [0, 0.1) is 5.82 Å². The van der Waals surface area contributed by atoms with Gasteiger partial charge in [-0.15, -0.1) is 0 Å². The second-order valence-electron chi connectivity index (χ2n) is 6.66. The number of rotatable bonds is 2. The Bertz CT molecular complexity index is 526. The predicted molar refractivity (Wildman–Crippen MR) is 88.3 cm³/mol. The van der Waals surface area contributed by atoms with Crippen LogP contribution in [-0.2, 0) is 0 Å². The first-order valence-electron chi connectivity index (χ1n) is 6.72. The molecule has 110 valence electrons. The molecular formula is C12H20BClFNO2Si2. The Morgan fingerprint density at radius 3 is 2.10 bits per heavy atom. The molecule has 0 saturated carbocycles. The van der Waals surface area contributed by atoms with Gasteiger partial charge in [-0.1, -0.05) is 37.8 Å². The summed E-state index contributed by atoms with van der Waals surface area (Å²) in [4.78, 5) is 0. The number of nitrogens with zero attached hydrogens (tertiary/aromatic N) is 1. The van der Waals surface area contributed by atoms with Gasteiger partial charge in [0.25, 0.3) is 0 Å². The lowest BCUT2D eigenvalue weighted by Gasteiger charge is -2.41. The summed E-state index contributed by atoms with van der Waals surface area (Å²) in [7, 11) is -5.29. The van der Waals surface area contributed by atoms with Crippen LogP contribution in [-0.4, -0.2) is 33.6 Å². The molecule has 1 aromatic carbocycles. The minimum atomic E-state index is -1.84. The summed E-state index contributed by atoms with van der Waals surface area (Å²) in [6.45, 7) is 8.91. The number of anilines is 1. The molecule has 0 atom stereocenters. The van der Waals surface area contributed by atoms with Crippen LogP contribution in [0.3, 0.4) is 0 Å². The molecular weight excluding hydrogens is 312 g/mol. The molecule has 1 saturated heterocycles. The fourth-order valence-corrected chi connectivity index (χ4v) is 17.7. The molecule has 0 aromatic heterocycles. The summed E-state index contributed by atoms with van der Waals surface area (Å²) in [5, 5.41) is 19.0. The first kappa shape index (κ1) is 16.0. The summed E-state index contributed by atoms with van der Waals surface area (Å²) in [5.74, 6) is -0.549. The third-order valence-corrected chi connectivity index (χ3v) is 14.3. The predicted octanol–water partition coefficient (Wildman–Crippen LogP) is 2.39. The van der Waals surface area contributed by atoms with Gasteiger partial charge in [0, 0.05) is 10.5 Å². The van der Waals surface area contributed by atoms with Gasteiger partial charge in [-0.25, -0.2) is 4.39 Å². The quantitative estimate of drug-likeness (QED) is 0.818. The van der Waals surface area contributed by atoms with Gasteiger partial charge in [-0.2, -0.15) is 0 Å². The second-order valence-corrected chi connectivity index (χ2v) is 16.7. The van der Waals surface area contributed by atoms with E-state index in [0.29, 0.717) is 10.7 Å². The van der Waals surface area contributed by atoms with Crippen LogP contribution in [0.5, 0.6) is 0 Å². The summed E-state index contributed by atoms with van der Waals surface area (Å²) < 4.78 is 16.9. The Kier molecular flexibility index (Phi) is 4.12. The molecule has 0 radical (unpaired) electrons. The summed E-state index contributed by atoms with van der Waals surface area (Å²) in [5.41, 5.74) is 0.306. The van der Waals surface area contributed by atoms with Gasteiger partial charge in [0.15, 0.2) is 0 Å². The molecule has 2 N–H and O–H groups in total. The molecule has 1 aromatic rings. The number of halogens is 2. The zero-order chi connectivity index (χ0) is 15.3. The molecule has 0 unspecified atom stereocenters. The first-order chi connectivity index (χ1) is 9.06. The number of hydrogen-bond acceptors (Lipinski definition) is 3. The van der Waals surface area contributed by atoms with Gasteiger partial charge in [-0.3, -0.25) is 0 Å². The van der Waals surface area contributed by atoms with Crippen molar-refractivity contribution in [2.45, 2.75) is 38.3 Å². The fraction of sp³-hybridized carbons (Fsp3) is 0.500. The molecule has 1 fully saturated rings. The smallest absolute Gasteiger partial charge is 0.423 e. The van der Waals surface area contributed by atoms with Crippen molar-refractivity contribution in [1.29, 1.82) is 0 Å². The van der Waals surface area contributed by atoms with E-state index in [2.05, 4.69) is 30.4 Å². The second kappa shape index (κ2) is 5.14. The van der Waals surface area contributed by atoms with E-state index in [4.69, 9.17) is 11.6 Å². The lowest BCUT2D eigenvalue weighted by atomic mass is 9.79. The Labute approximate surface area is 126 Å². The van der Waals surface area contributed by atoms with Gasteiger partial charge in [0.2, 0.25) is 0 Å². The molecule has 1 heterocycles. The van der Waals surface area contributed by atoms with Gasteiger partial charge >= 0.3 is 7.12 Å². The summed E-state index contributed by atoms with van der Waals surface area (Å²) in [6, 6.07) is 5.17. The first-order valence-corrected chi connectivity index (χ1v) is 13.4. The zero-order valence-electron chi connectivity index (χ0n) is 12.2. The Morgan fingerprint density at radius 2 is 1.65 bits per heavy atom. The highest BCUT2D eigenvalue weighted by Crippen LogP contribution is 2.42. The third kappa shape index (κ3) is 2.69. The van der Waals surface area contributed by atoms with E-state index in [1.54, 1.807) is 6.07 Å². The van der Waals surface area contributed by atoms with Crippen molar-refractivity contribution in [2.75, 3.05) is 4.23 Å². The maximum Gasteiger partial charge on any atom is 0.491 e. The highest BCUT2D eigenvalue weighted by atomic mass is 35.5. The molecule has 20 heavy (non-hydrogen) atoms. The van der Waals surface area contributed by atoms with E-state index >= 15 is 0 Å². The zero-order valence-corrected chi connectivity index (χ0v) is 15.0. The van der Waals surface area contributed by atoms with Crippen LogP contribution in [0.1, 0.15) is 0 Å². The van der Waals surface area contributed by atoms with Crippen LogP contribution < -0.4 is 9.69 Å². The molecule has 1 aliphatic rings. The van der Waals surface area contributed by atoms with Crippen LogP contribution in [0.15, 0.2) is 12.1 Å². The Morgan fingerprint density at radius 1 is 1.15 bits per heavy atom. The number of benzene rings is 1. The fourth-order valence-electron chi connectivity index (χ4n) is 3.25. The molecule has 0 bridgehead atoms. The lowest BCUT2D eigenvalue weighted by molar-refractivity contribution is 0.423. The standard InChI is InChI=1S/C12H20BClFNO2Si2/c1-19(2)5-6-20(3,4)16(19)11-8-9(14)7-10(12(11)15)13(17)18/h7-8,17-18H,5-6H2,1-4H3. The average Bonchev–Trinajstić information content (AvgIpc) is 2.51. The van der Waals surface area contributed by atoms with Crippen LogP contribution in [0.4, 0.5) is 10.1 Å². The van der Waals surface area contributed by atoms with E-state index in [1.807, 2.05) is 0 Å². The van der Waals surface area contributed by atoms with E-state index in [0.717, 1.165) is 12.1 Å². The minimum absolute atomic E-state index is 0.144. The summed E-state index contributed by atoms with van der Waals surface area (Å²) in [6.07, 6.45) is 0. The normalized spacial score (nSPS) is 20.3. The molecule has 8 heteroatoms.